The Morgan fingerprint density at radius 3 is 1.78 bits per heavy atom. The van der Waals surface area contributed by atoms with E-state index < -0.39 is 21.3 Å². The third-order valence-corrected chi connectivity index (χ3v) is 7.71. The largest absolute Gasteiger partial charge is 0.496 e. The van der Waals surface area contributed by atoms with Crippen LogP contribution in [0.3, 0.4) is 0 Å². The zero-order valence-electron chi connectivity index (χ0n) is 24.1. The summed E-state index contributed by atoms with van der Waals surface area (Å²) in [5.74, 6) is 0.495. The van der Waals surface area contributed by atoms with Crippen molar-refractivity contribution < 1.29 is 40.7 Å². The summed E-state index contributed by atoms with van der Waals surface area (Å²) >= 11 is 0. The Hall–Kier alpha value is -4.38. The summed E-state index contributed by atoms with van der Waals surface area (Å²) in [6.45, 7) is 6.04. The number of ether oxygens (including phenoxy) is 5. The second-order valence-corrected chi connectivity index (χ2v) is 11.6. The molecule has 0 aliphatic rings. The third-order valence-electron chi connectivity index (χ3n) is 6.48. The molecule has 1 aromatic heterocycles. The van der Waals surface area contributed by atoms with Crippen LogP contribution in [0.2, 0.25) is 0 Å². The number of benzene rings is 3. The molecule has 4 rings (SSSR count). The summed E-state index contributed by atoms with van der Waals surface area (Å²) in [6.07, 6.45) is 0. The maximum absolute atomic E-state index is 14.0. The first kappa shape index (κ1) is 29.6. The van der Waals surface area contributed by atoms with Crippen molar-refractivity contribution in [3.8, 4) is 45.8 Å². The summed E-state index contributed by atoms with van der Waals surface area (Å²) in [4.78, 5) is 13.8. The molecule has 41 heavy (non-hydrogen) atoms. The molecule has 0 fully saturated rings. The molecule has 0 spiro atoms. The Labute approximate surface area is 238 Å². The van der Waals surface area contributed by atoms with Gasteiger partial charge in [0.2, 0.25) is 16.9 Å². The van der Waals surface area contributed by atoms with Gasteiger partial charge < -0.3 is 32.3 Å². The molecule has 0 bridgehead atoms. The highest BCUT2D eigenvalue weighted by molar-refractivity contribution is 7.87. The summed E-state index contributed by atoms with van der Waals surface area (Å²) in [5, 5.41) is -0.0298. The molecule has 0 N–H and O–H groups in total. The SMILES string of the molecule is COc1cc(OC)c2c(=O)c(OS(=O)(=O)c3ccc(C(C)(C)C)cc3)c(-c3cc(OC)c(OC)c(OC)c3)oc2c1. The molecule has 4 aromatic rings. The van der Waals surface area contributed by atoms with E-state index in [1.807, 2.05) is 20.8 Å². The van der Waals surface area contributed by atoms with E-state index in [-0.39, 0.29) is 49.9 Å². The summed E-state index contributed by atoms with van der Waals surface area (Å²) in [5.41, 5.74) is 0.269. The molecule has 218 valence electrons. The van der Waals surface area contributed by atoms with Gasteiger partial charge in [-0.1, -0.05) is 32.9 Å². The van der Waals surface area contributed by atoms with Gasteiger partial charge in [0.25, 0.3) is 0 Å². The smallest absolute Gasteiger partial charge is 0.339 e. The van der Waals surface area contributed by atoms with Crippen molar-refractivity contribution >= 4 is 21.1 Å². The summed E-state index contributed by atoms with van der Waals surface area (Å²) in [7, 11) is 2.63. The van der Waals surface area contributed by atoms with Gasteiger partial charge in [-0.15, -0.1) is 0 Å². The monoisotopic (exact) mass is 584 g/mol. The van der Waals surface area contributed by atoms with Gasteiger partial charge in [0, 0.05) is 17.7 Å². The second kappa shape index (κ2) is 11.2. The van der Waals surface area contributed by atoms with Crippen LogP contribution in [0.1, 0.15) is 26.3 Å². The van der Waals surface area contributed by atoms with E-state index in [4.69, 9.17) is 32.3 Å². The van der Waals surface area contributed by atoms with Crippen LogP contribution in [-0.4, -0.2) is 44.0 Å². The zero-order chi connectivity index (χ0) is 30.1. The van der Waals surface area contributed by atoms with Crippen LogP contribution in [0.5, 0.6) is 34.5 Å². The first-order chi connectivity index (χ1) is 19.4. The maximum Gasteiger partial charge on any atom is 0.339 e. The van der Waals surface area contributed by atoms with Gasteiger partial charge in [-0.3, -0.25) is 4.79 Å². The molecule has 0 radical (unpaired) electrons. The first-order valence-corrected chi connectivity index (χ1v) is 13.9. The van der Waals surface area contributed by atoms with E-state index in [1.165, 1.54) is 71.9 Å². The van der Waals surface area contributed by atoms with Crippen LogP contribution in [0, 0.1) is 0 Å². The van der Waals surface area contributed by atoms with Gasteiger partial charge in [0.15, 0.2) is 17.3 Å². The predicted molar refractivity (Wildman–Crippen MR) is 154 cm³/mol. The number of fused-ring (bicyclic) bond motifs is 1. The number of hydrogen-bond donors (Lipinski definition) is 0. The molecule has 1 heterocycles. The molecule has 0 atom stereocenters. The Kier molecular flexibility index (Phi) is 8.12. The fourth-order valence-electron chi connectivity index (χ4n) is 4.28. The van der Waals surface area contributed by atoms with E-state index in [1.54, 1.807) is 12.1 Å². The fraction of sp³-hybridized carbons (Fsp3) is 0.300. The van der Waals surface area contributed by atoms with Crippen LogP contribution in [0.4, 0.5) is 0 Å². The van der Waals surface area contributed by atoms with Crippen LogP contribution in [0.25, 0.3) is 22.3 Å². The average molecular weight is 585 g/mol. The van der Waals surface area contributed by atoms with E-state index in [2.05, 4.69) is 0 Å². The van der Waals surface area contributed by atoms with Crippen molar-refractivity contribution in [1.82, 2.24) is 0 Å². The van der Waals surface area contributed by atoms with Crippen molar-refractivity contribution in [3.63, 3.8) is 0 Å². The number of rotatable bonds is 9. The normalized spacial score (nSPS) is 11.7. The number of hydrogen-bond acceptors (Lipinski definition) is 10. The quantitative estimate of drug-likeness (QED) is 0.231. The number of methoxy groups -OCH3 is 5. The minimum Gasteiger partial charge on any atom is -0.496 e. The molecule has 3 aromatic carbocycles. The first-order valence-electron chi connectivity index (χ1n) is 12.5. The van der Waals surface area contributed by atoms with Crippen LogP contribution < -0.4 is 33.3 Å². The Balaban J connectivity index is 2.02. The highest BCUT2D eigenvalue weighted by atomic mass is 32.2. The van der Waals surface area contributed by atoms with Gasteiger partial charge in [-0.2, -0.15) is 8.42 Å². The lowest BCUT2D eigenvalue weighted by atomic mass is 9.87. The molecule has 10 nitrogen and oxygen atoms in total. The lowest BCUT2D eigenvalue weighted by molar-refractivity contribution is 0.324. The molecule has 0 aliphatic carbocycles. The molecule has 11 heteroatoms. The van der Waals surface area contributed by atoms with Crippen molar-refractivity contribution in [2.45, 2.75) is 31.1 Å². The summed E-state index contributed by atoms with van der Waals surface area (Å²) < 4.78 is 65.8. The van der Waals surface area contributed by atoms with Crippen LogP contribution >= 0.6 is 0 Å². The fourth-order valence-corrected chi connectivity index (χ4v) is 5.22. The highest BCUT2D eigenvalue weighted by Crippen LogP contribution is 2.44. The van der Waals surface area contributed by atoms with Crippen molar-refractivity contribution in [2.75, 3.05) is 35.5 Å². The predicted octanol–water partition coefficient (Wildman–Crippen LogP) is 5.57. The van der Waals surface area contributed by atoms with Crippen molar-refractivity contribution in [2.24, 2.45) is 0 Å². The molecule has 0 aliphatic heterocycles. The van der Waals surface area contributed by atoms with E-state index in [9.17, 15) is 13.2 Å². The second-order valence-electron chi connectivity index (χ2n) is 10.0. The Morgan fingerprint density at radius 1 is 0.707 bits per heavy atom. The maximum atomic E-state index is 14.0. The van der Waals surface area contributed by atoms with Gasteiger partial charge in [-0.25, -0.2) is 0 Å². The lowest BCUT2D eigenvalue weighted by Gasteiger charge is -2.19. The van der Waals surface area contributed by atoms with Crippen molar-refractivity contribution in [1.29, 1.82) is 0 Å². The van der Waals surface area contributed by atoms with E-state index in [0.717, 1.165) is 5.56 Å². The molecular weight excluding hydrogens is 552 g/mol. The highest BCUT2D eigenvalue weighted by Gasteiger charge is 2.29. The topological polar surface area (TPSA) is 120 Å². The van der Waals surface area contributed by atoms with Crippen LogP contribution in [0.15, 0.2) is 62.6 Å². The lowest BCUT2D eigenvalue weighted by Crippen LogP contribution is -2.18. The Bertz CT molecular complexity index is 1720. The van der Waals surface area contributed by atoms with E-state index in [0.29, 0.717) is 11.5 Å². The van der Waals surface area contributed by atoms with Gasteiger partial charge in [0.05, 0.1) is 35.5 Å². The Morgan fingerprint density at radius 2 is 1.29 bits per heavy atom. The zero-order valence-corrected chi connectivity index (χ0v) is 24.9. The molecule has 0 saturated heterocycles. The van der Waals surface area contributed by atoms with Gasteiger partial charge in [-0.05, 0) is 35.2 Å². The summed E-state index contributed by atoms with van der Waals surface area (Å²) in [6, 6.07) is 12.3. The standard InChI is InChI=1S/C30H32O10S/c1-30(2,3)18-9-11-20(12-10-18)41(32,33)40-29-26(31)25-21(35-5)15-19(34-4)16-22(25)39-27(29)17-13-23(36-6)28(38-8)24(14-17)37-7/h9-16H,1-8H3. The molecule has 0 amide bonds. The third kappa shape index (κ3) is 5.62. The van der Waals surface area contributed by atoms with Gasteiger partial charge >= 0.3 is 10.1 Å². The minimum atomic E-state index is -4.49. The van der Waals surface area contributed by atoms with Crippen LogP contribution in [-0.2, 0) is 15.5 Å². The molecular formula is C30H32O10S. The molecule has 0 unspecified atom stereocenters. The average Bonchev–Trinajstić information content (AvgIpc) is 2.96. The molecule has 0 saturated carbocycles. The van der Waals surface area contributed by atoms with Crippen molar-refractivity contribution in [3.05, 3.63) is 64.3 Å². The van der Waals surface area contributed by atoms with E-state index >= 15 is 0 Å². The minimum absolute atomic E-state index is 0.0298. The van der Waals surface area contributed by atoms with Gasteiger partial charge in [0.1, 0.15) is 27.4 Å².